The molecule has 0 spiro atoms. The maximum Gasteiger partial charge on any atom is 0.142 e. The molecule has 0 unspecified atom stereocenters. The summed E-state index contributed by atoms with van der Waals surface area (Å²) in [5.74, 6) is 1.62. The highest BCUT2D eigenvalue weighted by molar-refractivity contribution is 5.29. The average molecular weight is 192 g/mol. The van der Waals surface area contributed by atoms with E-state index in [2.05, 4.69) is 4.98 Å². The van der Waals surface area contributed by atoms with E-state index in [0.717, 1.165) is 29.7 Å². The van der Waals surface area contributed by atoms with Crippen LogP contribution in [-0.4, -0.2) is 11.6 Å². The van der Waals surface area contributed by atoms with Gasteiger partial charge in [-0.15, -0.1) is 0 Å². The molecule has 0 bridgehead atoms. The van der Waals surface area contributed by atoms with E-state index in [9.17, 15) is 0 Å². The SMILES string of the molecule is Cc1ccc(OCC2CC2)c(CN)n1. The normalized spacial score (nSPS) is 15.6. The molecule has 3 heteroatoms. The predicted octanol–water partition coefficient (Wildman–Crippen LogP) is 1.64. The van der Waals surface area contributed by atoms with Crippen LogP contribution >= 0.6 is 0 Å². The number of aryl methyl sites for hydroxylation is 1. The van der Waals surface area contributed by atoms with E-state index in [4.69, 9.17) is 10.5 Å². The molecule has 0 atom stereocenters. The molecule has 0 amide bonds. The van der Waals surface area contributed by atoms with Crippen LogP contribution in [-0.2, 0) is 6.54 Å². The summed E-state index contributed by atoms with van der Waals surface area (Å²) >= 11 is 0. The number of pyridine rings is 1. The lowest BCUT2D eigenvalue weighted by Crippen LogP contribution is -2.07. The van der Waals surface area contributed by atoms with Gasteiger partial charge in [0.1, 0.15) is 5.75 Å². The van der Waals surface area contributed by atoms with E-state index >= 15 is 0 Å². The van der Waals surface area contributed by atoms with E-state index in [1.54, 1.807) is 0 Å². The minimum absolute atomic E-state index is 0.446. The zero-order chi connectivity index (χ0) is 9.97. The zero-order valence-electron chi connectivity index (χ0n) is 8.49. The number of hydrogen-bond acceptors (Lipinski definition) is 3. The molecule has 3 nitrogen and oxygen atoms in total. The maximum atomic E-state index is 5.66. The van der Waals surface area contributed by atoms with E-state index in [-0.39, 0.29) is 0 Å². The van der Waals surface area contributed by atoms with Crippen LogP contribution in [0.5, 0.6) is 5.75 Å². The lowest BCUT2D eigenvalue weighted by atomic mass is 10.3. The topological polar surface area (TPSA) is 48.1 Å². The summed E-state index contributed by atoms with van der Waals surface area (Å²) in [6, 6.07) is 3.92. The van der Waals surface area contributed by atoms with Crippen molar-refractivity contribution in [3.05, 3.63) is 23.5 Å². The largest absolute Gasteiger partial charge is 0.491 e. The highest BCUT2D eigenvalue weighted by Gasteiger charge is 2.22. The van der Waals surface area contributed by atoms with Crippen LogP contribution in [0.2, 0.25) is 0 Å². The Balaban J connectivity index is 2.05. The molecular formula is C11H16N2O. The summed E-state index contributed by atoms with van der Waals surface area (Å²) in [6.45, 7) is 3.23. The highest BCUT2D eigenvalue weighted by atomic mass is 16.5. The molecule has 76 valence electrons. The molecule has 14 heavy (non-hydrogen) atoms. The van der Waals surface area contributed by atoms with Gasteiger partial charge in [-0.05, 0) is 37.8 Å². The first-order chi connectivity index (χ1) is 6.79. The molecule has 0 saturated heterocycles. The Kier molecular flexibility index (Phi) is 2.68. The van der Waals surface area contributed by atoms with Gasteiger partial charge in [-0.2, -0.15) is 0 Å². The molecule has 0 radical (unpaired) electrons. The second-order valence-corrected chi connectivity index (χ2v) is 3.86. The number of ether oxygens (including phenoxy) is 1. The van der Waals surface area contributed by atoms with E-state index in [1.165, 1.54) is 12.8 Å². The first kappa shape index (κ1) is 9.46. The number of nitrogens with two attached hydrogens (primary N) is 1. The summed E-state index contributed by atoms with van der Waals surface area (Å²) < 4.78 is 5.66. The molecule has 1 heterocycles. The second-order valence-electron chi connectivity index (χ2n) is 3.86. The van der Waals surface area contributed by atoms with Gasteiger partial charge in [0.05, 0.1) is 12.3 Å². The van der Waals surface area contributed by atoms with Crippen molar-refractivity contribution in [3.63, 3.8) is 0 Å². The fourth-order valence-corrected chi connectivity index (χ4v) is 1.37. The van der Waals surface area contributed by atoms with Gasteiger partial charge in [0.25, 0.3) is 0 Å². The lowest BCUT2D eigenvalue weighted by molar-refractivity contribution is 0.295. The van der Waals surface area contributed by atoms with Crippen molar-refractivity contribution in [1.29, 1.82) is 0 Å². The van der Waals surface area contributed by atoms with E-state index < -0.39 is 0 Å². The number of hydrogen-bond donors (Lipinski definition) is 1. The van der Waals surface area contributed by atoms with Crippen LogP contribution in [0.25, 0.3) is 0 Å². The molecule has 1 aromatic heterocycles. The number of nitrogens with zero attached hydrogens (tertiary/aromatic N) is 1. The third-order valence-electron chi connectivity index (χ3n) is 2.44. The van der Waals surface area contributed by atoms with Crippen molar-refractivity contribution in [2.24, 2.45) is 11.7 Å². The highest BCUT2D eigenvalue weighted by Crippen LogP contribution is 2.30. The zero-order valence-corrected chi connectivity index (χ0v) is 8.49. The van der Waals surface area contributed by atoms with Crippen molar-refractivity contribution in [2.45, 2.75) is 26.3 Å². The first-order valence-electron chi connectivity index (χ1n) is 5.09. The molecule has 2 N–H and O–H groups in total. The van der Waals surface area contributed by atoms with Gasteiger partial charge in [0.2, 0.25) is 0 Å². The summed E-state index contributed by atoms with van der Waals surface area (Å²) in [5.41, 5.74) is 7.46. The Morgan fingerprint density at radius 3 is 2.93 bits per heavy atom. The van der Waals surface area contributed by atoms with Crippen LogP contribution in [0, 0.1) is 12.8 Å². The Morgan fingerprint density at radius 1 is 1.50 bits per heavy atom. The minimum atomic E-state index is 0.446. The summed E-state index contributed by atoms with van der Waals surface area (Å²) in [4.78, 5) is 4.34. The fraction of sp³-hybridized carbons (Fsp3) is 0.545. The van der Waals surface area contributed by atoms with Gasteiger partial charge >= 0.3 is 0 Å². The molecule has 1 aliphatic carbocycles. The van der Waals surface area contributed by atoms with E-state index in [1.807, 2.05) is 19.1 Å². The van der Waals surface area contributed by atoms with Crippen LogP contribution in [0.1, 0.15) is 24.2 Å². The van der Waals surface area contributed by atoms with Gasteiger partial charge < -0.3 is 10.5 Å². The molecule has 1 fully saturated rings. The maximum absolute atomic E-state index is 5.66. The molecule has 1 aromatic rings. The van der Waals surface area contributed by atoms with Gasteiger partial charge in [0, 0.05) is 12.2 Å². The smallest absolute Gasteiger partial charge is 0.142 e. The van der Waals surface area contributed by atoms with Crippen molar-refractivity contribution in [1.82, 2.24) is 4.98 Å². The Morgan fingerprint density at radius 2 is 2.29 bits per heavy atom. The molecular weight excluding hydrogens is 176 g/mol. The Bertz CT molecular complexity index is 321. The molecule has 0 aromatic carbocycles. The molecule has 1 saturated carbocycles. The average Bonchev–Trinajstić information content (AvgIpc) is 2.99. The van der Waals surface area contributed by atoms with Crippen molar-refractivity contribution < 1.29 is 4.74 Å². The summed E-state index contributed by atoms with van der Waals surface area (Å²) in [5, 5.41) is 0. The monoisotopic (exact) mass is 192 g/mol. The molecule has 1 aliphatic rings. The standard InChI is InChI=1S/C11H16N2O/c1-8-2-5-11(10(6-12)13-8)14-7-9-3-4-9/h2,5,9H,3-4,6-7,12H2,1H3. The van der Waals surface area contributed by atoms with Crippen molar-refractivity contribution in [2.75, 3.05) is 6.61 Å². The number of rotatable bonds is 4. The minimum Gasteiger partial charge on any atom is -0.491 e. The predicted molar refractivity (Wildman–Crippen MR) is 55.1 cm³/mol. The van der Waals surface area contributed by atoms with Gasteiger partial charge in [-0.3, -0.25) is 4.98 Å². The van der Waals surface area contributed by atoms with Crippen LogP contribution < -0.4 is 10.5 Å². The second kappa shape index (κ2) is 3.96. The third kappa shape index (κ3) is 2.23. The lowest BCUT2D eigenvalue weighted by Gasteiger charge is -2.09. The molecule has 0 aliphatic heterocycles. The van der Waals surface area contributed by atoms with Crippen LogP contribution in [0.15, 0.2) is 12.1 Å². The van der Waals surface area contributed by atoms with E-state index in [0.29, 0.717) is 6.54 Å². The first-order valence-corrected chi connectivity index (χ1v) is 5.09. The molecule has 2 rings (SSSR count). The van der Waals surface area contributed by atoms with Crippen molar-refractivity contribution >= 4 is 0 Å². The number of aromatic nitrogens is 1. The van der Waals surface area contributed by atoms with Crippen molar-refractivity contribution in [3.8, 4) is 5.75 Å². The third-order valence-corrected chi connectivity index (χ3v) is 2.44. The Hall–Kier alpha value is -1.09. The fourth-order valence-electron chi connectivity index (χ4n) is 1.37. The van der Waals surface area contributed by atoms with Crippen LogP contribution in [0.4, 0.5) is 0 Å². The van der Waals surface area contributed by atoms with Crippen LogP contribution in [0.3, 0.4) is 0 Å². The van der Waals surface area contributed by atoms with Gasteiger partial charge in [-0.25, -0.2) is 0 Å². The Labute approximate surface area is 84.3 Å². The van der Waals surface area contributed by atoms with Gasteiger partial charge in [0.15, 0.2) is 0 Å². The quantitative estimate of drug-likeness (QED) is 0.788. The van der Waals surface area contributed by atoms with Gasteiger partial charge in [-0.1, -0.05) is 0 Å². The summed E-state index contributed by atoms with van der Waals surface area (Å²) in [7, 11) is 0. The summed E-state index contributed by atoms with van der Waals surface area (Å²) in [6.07, 6.45) is 2.61.